The van der Waals surface area contributed by atoms with E-state index < -0.39 is 0 Å². The van der Waals surface area contributed by atoms with Gasteiger partial charge in [-0.05, 0) is 37.6 Å². The summed E-state index contributed by atoms with van der Waals surface area (Å²) in [5, 5.41) is 3.33. The third kappa shape index (κ3) is 3.77. The lowest BCUT2D eigenvalue weighted by Gasteiger charge is -2.22. The first-order valence-electron chi connectivity index (χ1n) is 6.56. The van der Waals surface area contributed by atoms with Crippen LogP contribution in [0.3, 0.4) is 0 Å². The lowest BCUT2D eigenvalue weighted by molar-refractivity contribution is 0.216. The van der Waals surface area contributed by atoms with Crippen LogP contribution in [0.2, 0.25) is 0 Å². The Morgan fingerprint density at radius 2 is 2.17 bits per heavy atom. The van der Waals surface area contributed by atoms with Crippen molar-refractivity contribution in [1.82, 2.24) is 5.32 Å². The van der Waals surface area contributed by atoms with Gasteiger partial charge < -0.3 is 14.8 Å². The fourth-order valence-electron chi connectivity index (χ4n) is 2.17. The van der Waals surface area contributed by atoms with Gasteiger partial charge in [-0.2, -0.15) is 0 Å². The molecule has 1 aliphatic rings. The molecule has 3 nitrogen and oxygen atoms in total. The van der Waals surface area contributed by atoms with Gasteiger partial charge in [0.1, 0.15) is 5.75 Å². The van der Waals surface area contributed by atoms with Crippen molar-refractivity contribution < 1.29 is 9.47 Å². The largest absolute Gasteiger partial charge is 0.501 e. The minimum Gasteiger partial charge on any atom is -0.501 e. The van der Waals surface area contributed by atoms with Gasteiger partial charge in [-0.1, -0.05) is 18.2 Å². The van der Waals surface area contributed by atoms with Gasteiger partial charge in [0.2, 0.25) is 0 Å². The Kier molecular flexibility index (Phi) is 5.09. The van der Waals surface area contributed by atoms with Gasteiger partial charge in [0.05, 0.1) is 19.5 Å². The number of rotatable bonds is 6. The predicted octanol–water partition coefficient (Wildman–Crippen LogP) is 2.74. The van der Waals surface area contributed by atoms with Crippen molar-refractivity contribution in [2.24, 2.45) is 0 Å². The van der Waals surface area contributed by atoms with Crippen LogP contribution in [0.4, 0.5) is 0 Å². The number of nitrogens with one attached hydrogen (secondary N) is 1. The number of likely N-dealkylation sites (N-methyl/N-ethyl adjacent to an activating group) is 1. The zero-order valence-electron chi connectivity index (χ0n) is 10.9. The summed E-state index contributed by atoms with van der Waals surface area (Å²) in [7, 11) is 1.99. The Morgan fingerprint density at radius 3 is 2.83 bits per heavy atom. The molecule has 0 saturated carbocycles. The highest BCUT2D eigenvalue weighted by Gasteiger charge is 2.15. The van der Waals surface area contributed by atoms with Crippen molar-refractivity contribution in [2.75, 3.05) is 20.3 Å². The molecular formula is C15H21NO2. The summed E-state index contributed by atoms with van der Waals surface area (Å²) in [6.07, 6.45) is 5.11. The molecule has 0 amide bonds. The zero-order chi connectivity index (χ0) is 12.6. The number of hydrogen-bond acceptors (Lipinski definition) is 3. The van der Waals surface area contributed by atoms with Gasteiger partial charge in [0.15, 0.2) is 0 Å². The first-order valence-corrected chi connectivity index (χ1v) is 6.56. The molecule has 1 unspecified atom stereocenters. The second-order valence-corrected chi connectivity index (χ2v) is 4.46. The summed E-state index contributed by atoms with van der Waals surface area (Å²) in [5.74, 6) is 0.932. The van der Waals surface area contributed by atoms with E-state index in [-0.39, 0.29) is 0 Å². The average Bonchev–Trinajstić information content (AvgIpc) is 2.46. The van der Waals surface area contributed by atoms with Crippen molar-refractivity contribution in [3.63, 3.8) is 0 Å². The average molecular weight is 247 g/mol. The van der Waals surface area contributed by atoms with Gasteiger partial charge in [0.25, 0.3) is 0 Å². The molecule has 0 saturated heterocycles. The summed E-state index contributed by atoms with van der Waals surface area (Å²) >= 11 is 0. The third-order valence-corrected chi connectivity index (χ3v) is 3.18. The molecule has 0 fully saturated rings. The molecule has 1 N–H and O–H groups in total. The summed E-state index contributed by atoms with van der Waals surface area (Å²) in [6, 6.07) is 10.3. The van der Waals surface area contributed by atoms with Crippen LogP contribution < -0.4 is 10.1 Å². The van der Waals surface area contributed by atoms with E-state index in [9.17, 15) is 0 Å². The first-order chi connectivity index (χ1) is 8.90. The maximum absolute atomic E-state index is 5.72. The molecule has 0 aliphatic carbocycles. The smallest absolute Gasteiger partial charge is 0.119 e. The van der Waals surface area contributed by atoms with Gasteiger partial charge in [0, 0.05) is 12.5 Å². The SMILES string of the molecule is CNC(CCOc1ccccc1)C1=COCCC1. The van der Waals surface area contributed by atoms with E-state index in [2.05, 4.69) is 5.32 Å². The van der Waals surface area contributed by atoms with E-state index in [1.165, 1.54) is 5.57 Å². The normalized spacial score (nSPS) is 16.6. The molecule has 0 aromatic heterocycles. The van der Waals surface area contributed by atoms with Crippen LogP contribution in [0, 0.1) is 0 Å². The van der Waals surface area contributed by atoms with Crippen LogP contribution in [-0.2, 0) is 4.74 Å². The summed E-state index contributed by atoms with van der Waals surface area (Å²) in [6.45, 7) is 1.56. The van der Waals surface area contributed by atoms with E-state index in [1.807, 2.05) is 43.6 Å². The second kappa shape index (κ2) is 7.07. The van der Waals surface area contributed by atoms with Crippen molar-refractivity contribution >= 4 is 0 Å². The quantitative estimate of drug-likeness (QED) is 0.838. The van der Waals surface area contributed by atoms with Crippen molar-refractivity contribution in [3.8, 4) is 5.75 Å². The highest BCUT2D eigenvalue weighted by molar-refractivity contribution is 5.21. The standard InChI is InChI=1S/C15H21NO2/c1-16-15(13-6-5-10-17-12-13)9-11-18-14-7-3-2-4-8-14/h2-4,7-8,12,15-16H,5-6,9-11H2,1H3. The minimum atomic E-state index is 0.356. The fourth-order valence-corrected chi connectivity index (χ4v) is 2.17. The van der Waals surface area contributed by atoms with E-state index in [0.717, 1.165) is 31.6 Å². The Balaban J connectivity index is 1.79. The van der Waals surface area contributed by atoms with Gasteiger partial charge in [-0.3, -0.25) is 0 Å². The van der Waals surface area contributed by atoms with Crippen LogP contribution in [0.25, 0.3) is 0 Å². The van der Waals surface area contributed by atoms with E-state index in [0.29, 0.717) is 12.6 Å². The molecule has 1 aromatic carbocycles. The second-order valence-electron chi connectivity index (χ2n) is 4.46. The van der Waals surface area contributed by atoms with E-state index in [1.54, 1.807) is 0 Å². The Hall–Kier alpha value is -1.48. The van der Waals surface area contributed by atoms with Gasteiger partial charge in [-0.25, -0.2) is 0 Å². The third-order valence-electron chi connectivity index (χ3n) is 3.18. The van der Waals surface area contributed by atoms with Crippen LogP contribution in [0.15, 0.2) is 42.2 Å². The lowest BCUT2D eigenvalue weighted by atomic mass is 10.00. The summed E-state index contributed by atoms with van der Waals surface area (Å²) in [5.41, 5.74) is 1.35. The van der Waals surface area contributed by atoms with Gasteiger partial charge >= 0.3 is 0 Å². The van der Waals surface area contributed by atoms with Crippen molar-refractivity contribution in [1.29, 1.82) is 0 Å². The van der Waals surface area contributed by atoms with Crippen LogP contribution >= 0.6 is 0 Å². The number of benzene rings is 1. The molecule has 0 radical (unpaired) electrons. The van der Waals surface area contributed by atoms with Crippen LogP contribution in [-0.4, -0.2) is 26.3 Å². The van der Waals surface area contributed by atoms with Gasteiger partial charge in [-0.15, -0.1) is 0 Å². The Labute approximate surface area is 109 Å². The Bertz CT molecular complexity index is 375. The molecule has 1 atom stereocenters. The fraction of sp³-hybridized carbons (Fsp3) is 0.467. The van der Waals surface area contributed by atoms with Crippen molar-refractivity contribution in [2.45, 2.75) is 25.3 Å². The minimum absolute atomic E-state index is 0.356. The van der Waals surface area contributed by atoms with Crippen LogP contribution in [0.5, 0.6) is 5.75 Å². The van der Waals surface area contributed by atoms with Crippen LogP contribution in [0.1, 0.15) is 19.3 Å². The molecule has 0 spiro atoms. The molecule has 98 valence electrons. The molecule has 3 heteroatoms. The first kappa shape index (κ1) is 13.0. The monoisotopic (exact) mass is 247 g/mol. The maximum atomic E-state index is 5.72. The van der Waals surface area contributed by atoms with E-state index >= 15 is 0 Å². The van der Waals surface area contributed by atoms with E-state index in [4.69, 9.17) is 9.47 Å². The molecule has 2 rings (SSSR count). The predicted molar refractivity (Wildman–Crippen MR) is 72.7 cm³/mol. The summed E-state index contributed by atoms with van der Waals surface area (Å²) < 4.78 is 11.1. The van der Waals surface area contributed by atoms with Crippen molar-refractivity contribution in [3.05, 3.63) is 42.2 Å². The molecule has 1 aromatic rings. The molecule has 1 aliphatic heterocycles. The number of para-hydroxylation sites is 1. The molecular weight excluding hydrogens is 226 g/mol. The lowest BCUT2D eigenvalue weighted by Crippen LogP contribution is -2.30. The molecule has 18 heavy (non-hydrogen) atoms. The highest BCUT2D eigenvalue weighted by Crippen LogP contribution is 2.18. The molecule has 1 heterocycles. The maximum Gasteiger partial charge on any atom is 0.119 e. The Morgan fingerprint density at radius 1 is 1.33 bits per heavy atom. The zero-order valence-corrected chi connectivity index (χ0v) is 10.9. The topological polar surface area (TPSA) is 30.5 Å². The number of hydrogen-bond donors (Lipinski definition) is 1. The summed E-state index contributed by atoms with van der Waals surface area (Å²) in [4.78, 5) is 0. The highest BCUT2D eigenvalue weighted by atomic mass is 16.5. The number of ether oxygens (including phenoxy) is 2. The molecule has 0 bridgehead atoms.